The SMILES string of the molecule is Cc1cnc(OC(C)C)c2cccc(NC(C)C)c12. The van der Waals surface area contributed by atoms with Crippen molar-refractivity contribution in [2.24, 2.45) is 0 Å². The zero-order chi connectivity index (χ0) is 14.0. The molecule has 0 aliphatic carbocycles. The van der Waals surface area contributed by atoms with Gasteiger partial charge in [-0.15, -0.1) is 0 Å². The molecule has 0 radical (unpaired) electrons. The molecule has 102 valence electrons. The number of aromatic nitrogens is 1. The minimum atomic E-state index is 0.125. The van der Waals surface area contributed by atoms with Crippen molar-refractivity contribution in [2.75, 3.05) is 5.32 Å². The highest BCUT2D eigenvalue weighted by Gasteiger charge is 2.11. The molecule has 3 heteroatoms. The van der Waals surface area contributed by atoms with E-state index in [0.717, 1.165) is 16.6 Å². The molecule has 0 saturated heterocycles. The number of nitrogens with zero attached hydrogens (tertiary/aromatic N) is 1. The lowest BCUT2D eigenvalue weighted by Crippen LogP contribution is -2.11. The summed E-state index contributed by atoms with van der Waals surface area (Å²) >= 11 is 0. The van der Waals surface area contributed by atoms with E-state index in [-0.39, 0.29) is 6.10 Å². The molecule has 1 N–H and O–H groups in total. The second-order valence-corrected chi connectivity index (χ2v) is 5.44. The van der Waals surface area contributed by atoms with Gasteiger partial charge >= 0.3 is 0 Å². The van der Waals surface area contributed by atoms with Crippen molar-refractivity contribution in [3.8, 4) is 5.88 Å². The third kappa shape index (κ3) is 2.98. The predicted octanol–water partition coefficient (Wildman–Crippen LogP) is 4.15. The first-order valence-electron chi connectivity index (χ1n) is 6.80. The maximum absolute atomic E-state index is 5.80. The quantitative estimate of drug-likeness (QED) is 0.894. The van der Waals surface area contributed by atoms with Crippen molar-refractivity contribution in [3.63, 3.8) is 0 Å². The smallest absolute Gasteiger partial charge is 0.221 e. The van der Waals surface area contributed by atoms with Crippen molar-refractivity contribution >= 4 is 16.5 Å². The highest BCUT2D eigenvalue weighted by molar-refractivity contribution is 5.99. The van der Waals surface area contributed by atoms with Crippen LogP contribution in [0.5, 0.6) is 5.88 Å². The number of nitrogens with one attached hydrogen (secondary N) is 1. The molecule has 0 bridgehead atoms. The third-order valence-electron chi connectivity index (χ3n) is 2.86. The van der Waals surface area contributed by atoms with E-state index < -0.39 is 0 Å². The van der Waals surface area contributed by atoms with Crippen molar-refractivity contribution in [1.29, 1.82) is 0 Å². The number of ether oxygens (including phenoxy) is 1. The standard InChI is InChI=1S/C16H22N2O/c1-10(2)18-14-8-6-7-13-15(14)12(5)9-17-16(13)19-11(3)4/h6-11,18H,1-5H3. The molecular formula is C16H22N2O. The molecule has 1 aromatic heterocycles. The van der Waals surface area contributed by atoms with E-state index in [4.69, 9.17) is 4.74 Å². The molecule has 0 amide bonds. The van der Waals surface area contributed by atoms with Gasteiger partial charge in [0.05, 0.1) is 6.10 Å². The molecule has 0 unspecified atom stereocenters. The van der Waals surface area contributed by atoms with Crippen LogP contribution < -0.4 is 10.1 Å². The van der Waals surface area contributed by atoms with E-state index >= 15 is 0 Å². The van der Waals surface area contributed by atoms with Gasteiger partial charge in [0, 0.05) is 28.7 Å². The van der Waals surface area contributed by atoms with Crippen molar-refractivity contribution < 1.29 is 4.74 Å². The van der Waals surface area contributed by atoms with Crippen LogP contribution in [0.25, 0.3) is 10.8 Å². The number of hydrogen-bond acceptors (Lipinski definition) is 3. The van der Waals surface area contributed by atoms with E-state index in [2.05, 4.69) is 43.2 Å². The maximum Gasteiger partial charge on any atom is 0.221 e. The van der Waals surface area contributed by atoms with Crippen LogP contribution in [-0.4, -0.2) is 17.1 Å². The van der Waals surface area contributed by atoms with Gasteiger partial charge in [-0.1, -0.05) is 6.07 Å². The summed E-state index contributed by atoms with van der Waals surface area (Å²) in [5.41, 5.74) is 2.30. The van der Waals surface area contributed by atoms with E-state index in [0.29, 0.717) is 11.9 Å². The number of benzene rings is 1. The van der Waals surface area contributed by atoms with Gasteiger partial charge in [-0.25, -0.2) is 4.98 Å². The van der Waals surface area contributed by atoms with Gasteiger partial charge in [-0.05, 0) is 52.3 Å². The minimum absolute atomic E-state index is 0.125. The largest absolute Gasteiger partial charge is 0.475 e. The molecule has 0 aliphatic heterocycles. The third-order valence-corrected chi connectivity index (χ3v) is 2.86. The first-order valence-corrected chi connectivity index (χ1v) is 6.80. The van der Waals surface area contributed by atoms with Crippen molar-refractivity contribution in [2.45, 2.75) is 46.8 Å². The van der Waals surface area contributed by atoms with Crippen molar-refractivity contribution in [1.82, 2.24) is 4.98 Å². The number of rotatable bonds is 4. The predicted molar refractivity (Wildman–Crippen MR) is 81.0 cm³/mol. The summed E-state index contributed by atoms with van der Waals surface area (Å²) in [7, 11) is 0. The molecule has 19 heavy (non-hydrogen) atoms. The molecule has 1 heterocycles. The topological polar surface area (TPSA) is 34.1 Å². The highest BCUT2D eigenvalue weighted by Crippen LogP contribution is 2.32. The molecule has 0 spiro atoms. The second-order valence-electron chi connectivity index (χ2n) is 5.44. The summed E-state index contributed by atoms with van der Waals surface area (Å²) < 4.78 is 5.80. The Balaban J connectivity index is 2.61. The van der Waals surface area contributed by atoms with Gasteiger partial charge < -0.3 is 10.1 Å². The monoisotopic (exact) mass is 258 g/mol. The summed E-state index contributed by atoms with van der Waals surface area (Å²) in [6, 6.07) is 6.61. The lowest BCUT2D eigenvalue weighted by Gasteiger charge is -2.17. The number of anilines is 1. The summed E-state index contributed by atoms with van der Waals surface area (Å²) in [6.07, 6.45) is 2.01. The van der Waals surface area contributed by atoms with Gasteiger partial charge in [0.25, 0.3) is 0 Å². The van der Waals surface area contributed by atoms with Gasteiger partial charge in [-0.2, -0.15) is 0 Å². The Morgan fingerprint density at radius 2 is 1.89 bits per heavy atom. The lowest BCUT2D eigenvalue weighted by atomic mass is 10.1. The van der Waals surface area contributed by atoms with Crippen LogP contribution in [0.2, 0.25) is 0 Å². The Morgan fingerprint density at radius 3 is 2.53 bits per heavy atom. The molecule has 0 aliphatic rings. The molecule has 3 nitrogen and oxygen atoms in total. The van der Waals surface area contributed by atoms with Crippen LogP contribution >= 0.6 is 0 Å². The van der Waals surface area contributed by atoms with E-state index in [9.17, 15) is 0 Å². The summed E-state index contributed by atoms with van der Waals surface area (Å²) in [6.45, 7) is 10.4. The fourth-order valence-electron chi connectivity index (χ4n) is 2.19. The average Bonchev–Trinajstić information content (AvgIpc) is 2.31. The zero-order valence-electron chi connectivity index (χ0n) is 12.3. The maximum atomic E-state index is 5.80. The Morgan fingerprint density at radius 1 is 1.16 bits per heavy atom. The molecule has 0 fully saturated rings. The fraction of sp³-hybridized carbons (Fsp3) is 0.438. The Hall–Kier alpha value is -1.77. The first kappa shape index (κ1) is 13.7. The van der Waals surface area contributed by atoms with Gasteiger partial charge in [0.1, 0.15) is 0 Å². The molecule has 2 aromatic rings. The lowest BCUT2D eigenvalue weighted by molar-refractivity contribution is 0.236. The fourth-order valence-corrected chi connectivity index (χ4v) is 2.19. The van der Waals surface area contributed by atoms with Crippen LogP contribution in [-0.2, 0) is 0 Å². The van der Waals surface area contributed by atoms with Gasteiger partial charge in [0.15, 0.2) is 0 Å². The Labute approximate surface area is 115 Å². The van der Waals surface area contributed by atoms with Crippen LogP contribution in [0, 0.1) is 6.92 Å². The van der Waals surface area contributed by atoms with E-state index in [1.807, 2.05) is 26.1 Å². The van der Waals surface area contributed by atoms with Crippen molar-refractivity contribution in [3.05, 3.63) is 30.0 Å². The average molecular weight is 258 g/mol. The van der Waals surface area contributed by atoms with Gasteiger partial charge in [0.2, 0.25) is 5.88 Å². The molecular weight excluding hydrogens is 236 g/mol. The molecule has 2 rings (SSSR count). The van der Waals surface area contributed by atoms with E-state index in [1.165, 1.54) is 5.39 Å². The van der Waals surface area contributed by atoms with Crippen LogP contribution in [0.4, 0.5) is 5.69 Å². The summed E-state index contributed by atoms with van der Waals surface area (Å²) in [5.74, 6) is 0.711. The number of hydrogen-bond donors (Lipinski definition) is 1. The summed E-state index contributed by atoms with van der Waals surface area (Å²) in [4.78, 5) is 4.42. The Bertz CT molecular complexity index is 576. The van der Waals surface area contributed by atoms with Crippen LogP contribution in [0.3, 0.4) is 0 Å². The number of fused-ring (bicyclic) bond motifs is 1. The first-order chi connectivity index (χ1) is 8.99. The second kappa shape index (κ2) is 5.47. The van der Waals surface area contributed by atoms with Gasteiger partial charge in [-0.3, -0.25) is 0 Å². The molecule has 0 saturated carbocycles. The Kier molecular flexibility index (Phi) is 3.93. The minimum Gasteiger partial charge on any atom is -0.475 e. The molecule has 0 atom stereocenters. The number of pyridine rings is 1. The zero-order valence-corrected chi connectivity index (χ0v) is 12.3. The summed E-state index contributed by atoms with van der Waals surface area (Å²) in [5, 5.41) is 5.75. The normalized spacial score (nSPS) is 11.3. The molecule has 1 aromatic carbocycles. The number of aryl methyl sites for hydroxylation is 1. The van der Waals surface area contributed by atoms with Crippen LogP contribution in [0.1, 0.15) is 33.3 Å². The van der Waals surface area contributed by atoms with E-state index in [1.54, 1.807) is 0 Å². The van der Waals surface area contributed by atoms with Crippen LogP contribution in [0.15, 0.2) is 24.4 Å². The highest BCUT2D eigenvalue weighted by atomic mass is 16.5.